The first-order chi connectivity index (χ1) is 8.26. The fraction of sp³-hybridized carbons (Fsp3) is 0.667. The molecule has 0 atom stereocenters. The molecule has 1 saturated carbocycles. The molecule has 92 valence electrons. The van der Waals surface area contributed by atoms with Gasteiger partial charge in [-0.25, -0.2) is 0 Å². The minimum absolute atomic E-state index is 0.519. The van der Waals surface area contributed by atoms with Gasteiger partial charge in [0.15, 0.2) is 5.17 Å². The minimum atomic E-state index is 0.519. The number of rotatable bonds is 1. The zero-order chi connectivity index (χ0) is 11.7. The van der Waals surface area contributed by atoms with Crippen LogP contribution in [0.15, 0.2) is 17.4 Å². The van der Waals surface area contributed by atoms with Gasteiger partial charge >= 0.3 is 0 Å². The van der Waals surface area contributed by atoms with Gasteiger partial charge in [0.25, 0.3) is 0 Å². The summed E-state index contributed by atoms with van der Waals surface area (Å²) in [5, 5.41) is 8.53. The van der Waals surface area contributed by atoms with E-state index in [2.05, 4.69) is 10.4 Å². The number of nitrogens with zero attached hydrogens (tertiary/aromatic N) is 3. The van der Waals surface area contributed by atoms with Gasteiger partial charge in [0.1, 0.15) is 0 Å². The summed E-state index contributed by atoms with van der Waals surface area (Å²) in [7, 11) is 1.93. The van der Waals surface area contributed by atoms with Gasteiger partial charge < -0.3 is 5.32 Å². The number of amidine groups is 1. The normalized spacial score (nSPS) is 22.8. The first kappa shape index (κ1) is 11.1. The van der Waals surface area contributed by atoms with Crippen LogP contribution >= 0.6 is 11.8 Å². The van der Waals surface area contributed by atoms with E-state index in [4.69, 9.17) is 4.99 Å². The second kappa shape index (κ2) is 4.37. The van der Waals surface area contributed by atoms with E-state index in [1.807, 2.05) is 31.2 Å². The number of thioether (sulfide) groups is 1. The molecule has 5 heteroatoms. The smallest absolute Gasteiger partial charge is 0.161 e. The lowest BCUT2D eigenvalue weighted by Gasteiger charge is -2.30. The Balaban J connectivity index is 1.64. The molecular formula is C12H18N4S. The standard InChI is InChI=1S/C12H18N4S/c1-16-7-10(6-14-16)15-11-13-8-12(9-17-11)4-2-3-5-12/h6-7H,2-5,8-9H2,1H3,(H,13,15). The lowest BCUT2D eigenvalue weighted by atomic mass is 9.89. The second-order valence-electron chi connectivity index (χ2n) is 5.14. The Kier molecular flexibility index (Phi) is 2.86. The lowest BCUT2D eigenvalue weighted by Crippen LogP contribution is -2.30. The molecule has 1 aliphatic carbocycles. The van der Waals surface area contributed by atoms with E-state index in [-0.39, 0.29) is 0 Å². The van der Waals surface area contributed by atoms with Crippen molar-refractivity contribution >= 4 is 22.6 Å². The summed E-state index contributed by atoms with van der Waals surface area (Å²) in [6.07, 6.45) is 9.32. The van der Waals surface area contributed by atoms with Crippen molar-refractivity contribution in [3.63, 3.8) is 0 Å². The van der Waals surface area contributed by atoms with Crippen LogP contribution in [0, 0.1) is 5.41 Å². The van der Waals surface area contributed by atoms with E-state index in [1.165, 1.54) is 31.4 Å². The Labute approximate surface area is 106 Å². The molecule has 2 heterocycles. The Morgan fingerprint density at radius 2 is 2.24 bits per heavy atom. The van der Waals surface area contributed by atoms with Gasteiger partial charge in [0.2, 0.25) is 0 Å². The summed E-state index contributed by atoms with van der Waals surface area (Å²) in [5.41, 5.74) is 1.55. The van der Waals surface area contributed by atoms with Crippen LogP contribution in [0.5, 0.6) is 0 Å². The van der Waals surface area contributed by atoms with Crippen LogP contribution in [0.2, 0.25) is 0 Å². The third-order valence-corrected chi connectivity index (χ3v) is 4.95. The summed E-state index contributed by atoms with van der Waals surface area (Å²) >= 11 is 1.87. The number of anilines is 1. The molecule has 1 aliphatic heterocycles. The second-order valence-corrected chi connectivity index (χ2v) is 6.11. The Morgan fingerprint density at radius 1 is 1.41 bits per heavy atom. The van der Waals surface area contributed by atoms with E-state index in [1.54, 1.807) is 4.68 Å². The van der Waals surface area contributed by atoms with E-state index >= 15 is 0 Å². The maximum Gasteiger partial charge on any atom is 0.161 e. The summed E-state index contributed by atoms with van der Waals surface area (Å²) in [5.74, 6) is 1.22. The third-order valence-electron chi connectivity index (χ3n) is 3.69. The van der Waals surface area contributed by atoms with Gasteiger partial charge in [-0.15, -0.1) is 0 Å². The summed E-state index contributed by atoms with van der Waals surface area (Å²) in [4.78, 5) is 4.70. The molecule has 1 aromatic rings. The Hall–Kier alpha value is -0.970. The van der Waals surface area contributed by atoms with Crippen molar-refractivity contribution < 1.29 is 0 Å². The van der Waals surface area contributed by atoms with Crippen molar-refractivity contribution in [2.24, 2.45) is 17.5 Å². The zero-order valence-electron chi connectivity index (χ0n) is 10.1. The highest BCUT2D eigenvalue weighted by Gasteiger charge is 2.36. The van der Waals surface area contributed by atoms with Gasteiger partial charge in [-0.2, -0.15) is 5.10 Å². The van der Waals surface area contributed by atoms with Crippen molar-refractivity contribution in [1.29, 1.82) is 0 Å². The van der Waals surface area contributed by atoms with Crippen molar-refractivity contribution in [2.75, 3.05) is 17.6 Å². The van der Waals surface area contributed by atoms with Crippen molar-refractivity contribution in [3.8, 4) is 0 Å². The minimum Gasteiger partial charge on any atom is -0.332 e. The fourth-order valence-corrected chi connectivity index (χ4v) is 3.83. The predicted molar refractivity (Wildman–Crippen MR) is 72.5 cm³/mol. The van der Waals surface area contributed by atoms with E-state index in [0.717, 1.165) is 17.4 Å². The van der Waals surface area contributed by atoms with Gasteiger partial charge in [0, 0.05) is 25.5 Å². The van der Waals surface area contributed by atoms with Crippen LogP contribution in [-0.4, -0.2) is 27.2 Å². The van der Waals surface area contributed by atoms with E-state index in [9.17, 15) is 0 Å². The number of aromatic nitrogens is 2. The van der Waals surface area contributed by atoms with Crippen LogP contribution in [0.4, 0.5) is 5.69 Å². The summed E-state index contributed by atoms with van der Waals surface area (Å²) in [6, 6.07) is 0. The molecular weight excluding hydrogens is 232 g/mol. The van der Waals surface area contributed by atoms with Crippen LogP contribution in [-0.2, 0) is 7.05 Å². The zero-order valence-corrected chi connectivity index (χ0v) is 11.0. The molecule has 0 radical (unpaired) electrons. The highest BCUT2D eigenvalue weighted by Crippen LogP contribution is 2.43. The molecule has 17 heavy (non-hydrogen) atoms. The SMILES string of the molecule is Cn1cc(NC2=NCC3(CCCC3)CS2)cn1. The molecule has 0 unspecified atom stereocenters. The monoisotopic (exact) mass is 250 g/mol. The van der Waals surface area contributed by atoms with Crippen molar-refractivity contribution in [1.82, 2.24) is 9.78 Å². The van der Waals surface area contributed by atoms with Gasteiger partial charge in [-0.3, -0.25) is 9.67 Å². The molecule has 0 saturated heterocycles. The van der Waals surface area contributed by atoms with Gasteiger partial charge in [-0.1, -0.05) is 24.6 Å². The summed E-state index contributed by atoms with van der Waals surface area (Å²) < 4.78 is 1.80. The van der Waals surface area contributed by atoms with Crippen molar-refractivity contribution in [2.45, 2.75) is 25.7 Å². The number of nitrogens with one attached hydrogen (secondary N) is 1. The van der Waals surface area contributed by atoms with E-state index in [0.29, 0.717) is 5.41 Å². The van der Waals surface area contributed by atoms with Crippen LogP contribution in [0.25, 0.3) is 0 Å². The third kappa shape index (κ3) is 2.34. The van der Waals surface area contributed by atoms with Gasteiger partial charge in [0.05, 0.1) is 11.9 Å². The van der Waals surface area contributed by atoms with Crippen LogP contribution in [0.1, 0.15) is 25.7 Å². The van der Waals surface area contributed by atoms with Crippen LogP contribution in [0.3, 0.4) is 0 Å². The molecule has 0 amide bonds. The number of hydrogen-bond acceptors (Lipinski definition) is 4. The molecule has 0 aromatic carbocycles. The van der Waals surface area contributed by atoms with E-state index < -0.39 is 0 Å². The average Bonchev–Trinajstić information content (AvgIpc) is 2.93. The maximum atomic E-state index is 4.70. The van der Waals surface area contributed by atoms with Gasteiger partial charge in [-0.05, 0) is 18.3 Å². The molecule has 1 fully saturated rings. The molecule has 2 aliphatic rings. The number of aryl methyl sites for hydroxylation is 1. The van der Waals surface area contributed by atoms with Crippen LogP contribution < -0.4 is 5.32 Å². The summed E-state index contributed by atoms with van der Waals surface area (Å²) in [6.45, 7) is 1.00. The quantitative estimate of drug-likeness (QED) is 0.832. The topological polar surface area (TPSA) is 42.2 Å². The molecule has 0 bridgehead atoms. The average molecular weight is 250 g/mol. The highest BCUT2D eigenvalue weighted by atomic mass is 32.2. The predicted octanol–water partition coefficient (Wildman–Crippen LogP) is 2.50. The highest BCUT2D eigenvalue weighted by molar-refractivity contribution is 8.14. The largest absolute Gasteiger partial charge is 0.332 e. The lowest BCUT2D eigenvalue weighted by molar-refractivity contribution is 0.359. The molecule has 1 spiro atoms. The number of hydrogen-bond donors (Lipinski definition) is 1. The Morgan fingerprint density at radius 3 is 2.82 bits per heavy atom. The molecule has 4 nitrogen and oxygen atoms in total. The van der Waals surface area contributed by atoms with Crippen molar-refractivity contribution in [3.05, 3.63) is 12.4 Å². The Bertz CT molecular complexity index is 431. The first-order valence-corrected chi connectivity index (χ1v) is 7.17. The molecule has 3 rings (SSSR count). The number of aliphatic imine (C=N–C) groups is 1. The molecule has 1 N–H and O–H groups in total. The maximum absolute atomic E-state index is 4.70. The first-order valence-electron chi connectivity index (χ1n) is 6.19. The fourth-order valence-electron chi connectivity index (χ4n) is 2.66. The molecule has 1 aromatic heterocycles.